The largest absolute Gasteiger partial charge is 0.357 e. The Kier molecular flexibility index (Phi) is 6.45. The lowest BCUT2D eigenvalue weighted by molar-refractivity contribution is 0.451. The van der Waals surface area contributed by atoms with Gasteiger partial charge in [-0.1, -0.05) is 6.07 Å². The van der Waals surface area contributed by atoms with Gasteiger partial charge in [0.1, 0.15) is 11.6 Å². The smallest absolute Gasteiger partial charge is 0.191 e. The summed E-state index contributed by atoms with van der Waals surface area (Å²) in [6.07, 6.45) is 5.25. The normalized spacial score (nSPS) is 20.1. The standard InChI is InChI=1S/C18H25F2N3.HI/c1-3-21-17(22-11-18(8-9-18)13-4-5-13)23-12(2)15-7-6-14(19)10-16(15)20;/h6-7,10,12-13H,3-5,8-9,11H2,1-2H3,(H2,21,22,23);1H. The summed E-state index contributed by atoms with van der Waals surface area (Å²) in [7, 11) is 0. The number of nitrogens with zero attached hydrogens (tertiary/aromatic N) is 1. The highest BCUT2D eigenvalue weighted by Crippen LogP contribution is 2.61. The molecule has 2 aliphatic rings. The minimum atomic E-state index is -0.556. The molecular formula is C18H26F2IN3. The highest BCUT2D eigenvalue weighted by atomic mass is 127. The predicted octanol–water partition coefficient (Wildman–Crippen LogP) is 4.39. The first-order chi connectivity index (χ1) is 11.0. The van der Waals surface area contributed by atoms with Crippen molar-refractivity contribution in [1.29, 1.82) is 0 Å². The van der Waals surface area contributed by atoms with E-state index in [2.05, 4.69) is 10.6 Å². The minimum Gasteiger partial charge on any atom is -0.357 e. The van der Waals surface area contributed by atoms with Crippen molar-refractivity contribution in [3.63, 3.8) is 0 Å². The van der Waals surface area contributed by atoms with E-state index in [-0.39, 0.29) is 30.0 Å². The van der Waals surface area contributed by atoms with E-state index in [4.69, 9.17) is 4.99 Å². The van der Waals surface area contributed by atoms with Gasteiger partial charge in [0.05, 0.1) is 6.04 Å². The van der Waals surface area contributed by atoms with Crippen LogP contribution in [-0.2, 0) is 0 Å². The molecule has 0 spiro atoms. The number of guanidine groups is 1. The molecule has 0 radical (unpaired) electrons. The number of rotatable bonds is 6. The van der Waals surface area contributed by atoms with Crippen molar-refractivity contribution in [1.82, 2.24) is 10.6 Å². The molecule has 0 aromatic heterocycles. The van der Waals surface area contributed by atoms with Crippen LogP contribution < -0.4 is 10.6 Å². The summed E-state index contributed by atoms with van der Waals surface area (Å²) < 4.78 is 26.9. The van der Waals surface area contributed by atoms with Crippen LogP contribution in [0.15, 0.2) is 23.2 Å². The van der Waals surface area contributed by atoms with Gasteiger partial charge in [0, 0.05) is 24.7 Å². The van der Waals surface area contributed by atoms with E-state index in [1.807, 2.05) is 13.8 Å². The van der Waals surface area contributed by atoms with Gasteiger partial charge in [0.2, 0.25) is 0 Å². The van der Waals surface area contributed by atoms with Crippen molar-refractivity contribution in [2.45, 2.75) is 45.6 Å². The summed E-state index contributed by atoms with van der Waals surface area (Å²) in [5.41, 5.74) is 0.882. The summed E-state index contributed by atoms with van der Waals surface area (Å²) >= 11 is 0. The van der Waals surface area contributed by atoms with Crippen LogP contribution in [0.4, 0.5) is 8.78 Å². The molecule has 2 aliphatic carbocycles. The second-order valence-corrected chi connectivity index (χ2v) is 6.86. The third-order valence-corrected chi connectivity index (χ3v) is 5.01. The van der Waals surface area contributed by atoms with Gasteiger partial charge in [-0.15, -0.1) is 24.0 Å². The molecule has 24 heavy (non-hydrogen) atoms. The van der Waals surface area contributed by atoms with Crippen LogP contribution in [0.3, 0.4) is 0 Å². The molecule has 1 unspecified atom stereocenters. The van der Waals surface area contributed by atoms with E-state index in [1.54, 1.807) is 0 Å². The minimum absolute atomic E-state index is 0. The number of hydrogen-bond donors (Lipinski definition) is 2. The molecular weight excluding hydrogens is 423 g/mol. The lowest BCUT2D eigenvalue weighted by Crippen LogP contribution is -2.39. The van der Waals surface area contributed by atoms with Gasteiger partial charge in [0.15, 0.2) is 5.96 Å². The zero-order chi connectivity index (χ0) is 16.4. The van der Waals surface area contributed by atoms with Crippen LogP contribution in [0, 0.1) is 23.0 Å². The summed E-state index contributed by atoms with van der Waals surface area (Å²) in [6.45, 7) is 5.46. The molecule has 2 N–H and O–H groups in total. The first kappa shape index (κ1) is 19.4. The highest BCUT2D eigenvalue weighted by Gasteiger charge is 2.53. The van der Waals surface area contributed by atoms with Gasteiger partial charge in [-0.3, -0.25) is 4.99 Å². The maximum atomic E-state index is 13.9. The molecule has 2 saturated carbocycles. The van der Waals surface area contributed by atoms with Crippen molar-refractivity contribution in [2.24, 2.45) is 16.3 Å². The maximum absolute atomic E-state index is 13.9. The second-order valence-electron chi connectivity index (χ2n) is 6.86. The van der Waals surface area contributed by atoms with Crippen molar-refractivity contribution >= 4 is 29.9 Å². The average Bonchev–Trinajstić information content (AvgIpc) is 3.37. The van der Waals surface area contributed by atoms with E-state index in [0.717, 1.165) is 25.1 Å². The van der Waals surface area contributed by atoms with Gasteiger partial charge in [0.25, 0.3) is 0 Å². The van der Waals surface area contributed by atoms with Crippen LogP contribution in [-0.4, -0.2) is 19.0 Å². The van der Waals surface area contributed by atoms with Gasteiger partial charge >= 0.3 is 0 Å². The lowest BCUT2D eigenvalue weighted by atomic mass is 10.0. The van der Waals surface area contributed by atoms with Crippen LogP contribution in [0.5, 0.6) is 0 Å². The molecule has 0 bridgehead atoms. The summed E-state index contributed by atoms with van der Waals surface area (Å²) in [5, 5.41) is 6.45. The predicted molar refractivity (Wildman–Crippen MR) is 104 cm³/mol. The van der Waals surface area contributed by atoms with Crippen molar-refractivity contribution in [3.8, 4) is 0 Å². The van der Waals surface area contributed by atoms with E-state index >= 15 is 0 Å². The molecule has 0 saturated heterocycles. The Morgan fingerprint density at radius 3 is 2.58 bits per heavy atom. The Morgan fingerprint density at radius 2 is 2.04 bits per heavy atom. The highest BCUT2D eigenvalue weighted by molar-refractivity contribution is 14.0. The van der Waals surface area contributed by atoms with Gasteiger partial charge in [-0.2, -0.15) is 0 Å². The average molecular weight is 449 g/mol. The first-order valence-electron chi connectivity index (χ1n) is 8.54. The topological polar surface area (TPSA) is 36.4 Å². The van der Waals surface area contributed by atoms with Crippen LogP contribution in [0.2, 0.25) is 0 Å². The molecule has 1 aromatic rings. The Hall–Kier alpha value is -0.920. The molecule has 0 aliphatic heterocycles. The molecule has 1 aromatic carbocycles. The molecule has 0 amide bonds. The number of halogens is 3. The van der Waals surface area contributed by atoms with E-state index in [9.17, 15) is 8.78 Å². The molecule has 3 rings (SSSR count). The fourth-order valence-electron chi connectivity index (χ4n) is 3.24. The number of benzene rings is 1. The van der Waals surface area contributed by atoms with Crippen molar-refractivity contribution in [3.05, 3.63) is 35.4 Å². The number of aliphatic imine (C=N–C) groups is 1. The summed E-state index contributed by atoms with van der Waals surface area (Å²) in [4.78, 5) is 4.72. The van der Waals surface area contributed by atoms with E-state index in [1.165, 1.54) is 37.8 Å². The van der Waals surface area contributed by atoms with Crippen LogP contribution in [0.25, 0.3) is 0 Å². The summed E-state index contributed by atoms with van der Waals surface area (Å²) in [6, 6.07) is 3.42. The van der Waals surface area contributed by atoms with Crippen molar-refractivity contribution in [2.75, 3.05) is 13.1 Å². The van der Waals surface area contributed by atoms with E-state index < -0.39 is 11.6 Å². The lowest BCUT2D eigenvalue weighted by Gasteiger charge is -2.20. The number of hydrogen-bond acceptors (Lipinski definition) is 1. The first-order valence-corrected chi connectivity index (χ1v) is 8.54. The fraction of sp³-hybridized carbons (Fsp3) is 0.611. The SMILES string of the molecule is CCNC(=NCC1(C2CC2)CC1)NC(C)c1ccc(F)cc1F.I. The maximum Gasteiger partial charge on any atom is 0.191 e. The molecule has 134 valence electrons. The molecule has 2 fully saturated rings. The third-order valence-electron chi connectivity index (χ3n) is 5.01. The van der Waals surface area contributed by atoms with Crippen LogP contribution in [0.1, 0.15) is 51.1 Å². The zero-order valence-corrected chi connectivity index (χ0v) is 16.6. The molecule has 0 heterocycles. The third kappa shape index (κ3) is 4.58. The van der Waals surface area contributed by atoms with Gasteiger partial charge < -0.3 is 10.6 Å². The fourth-order valence-corrected chi connectivity index (χ4v) is 3.24. The monoisotopic (exact) mass is 449 g/mol. The van der Waals surface area contributed by atoms with Gasteiger partial charge in [-0.25, -0.2) is 8.78 Å². The Morgan fingerprint density at radius 1 is 1.33 bits per heavy atom. The Balaban J connectivity index is 0.00000208. The summed E-state index contributed by atoms with van der Waals surface area (Å²) in [5.74, 6) is 0.480. The van der Waals surface area contributed by atoms with Gasteiger partial charge in [-0.05, 0) is 56.9 Å². The van der Waals surface area contributed by atoms with Crippen molar-refractivity contribution < 1.29 is 8.78 Å². The molecule has 3 nitrogen and oxygen atoms in total. The quantitative estimate of drug-likeness (QED) is 0.384. The zero-order valence-electron chi connectivity index (χ0n) is 14.2. The van der Waals surface area contributed by atoms with Crippen LogP contribution >= 0.6 is 24.0 Å². The number of nitrogens with one attached hydrogen (secondary N) is 2. The molecule has 6 heteroatoms. The molecule has 1 atom stereocenters. The Bertz CT molecular complexity index is 598. The van der Waals surface area contributed by atoms with E-state index in [0.29, 0.717) is 16.9 Å². The Labute approximate surface area is 159 Å². The second kappa shape index (κ2) is 7.97.